The fraction of sp³-hybridized carbons (Fsp3) is 1.00. The van der Waals surface area contributed by atoms with Crippen LogP contribution in [0.2, 0.25) is 0 Å². The first kappa shape index (κ1) is 13.9. The first-order valence-electron chi connectivity index (χ1n) is 5.57. The average Bonchev–Trinajstić information content (AvgIpc) is 2.02. The van der Waals surface area contributed by atoms with E-state index in [1.165, 1.54) is 0 Å². The minimum Gasteiger partial charge on any atom is -0.396 e. The van der Waals surface area contributed by atoms with E-state index in [9.17, 15) is 5.11 Å². The molecule has 0 radical (unpaired) electrons. The molecule has 86 valence electrons. The summed E-state index contributed by atoms with van der Waals surface area (Å²) in [6.45, 7) is 10.5. The van der Waals surface area contributed by atoms with E-state index in [4.69, 9.17) is 5.11 Å². The zero-order chi connectivity index (χ0) is 11.4. The third-order valence-electron chi connectivity index (χ3n) is 2.67. The number of rotatable bonds is 6. The second-order valence-electron chi connectivity index (χ2n) is 5.70. The maximum atomic E-state index is 9.87. The van der Waals surface area contributed by atoms with Gasteiger partial charge in [0, 0.05) is 6.61 Å². The molecule has 2 N–H and O–H groups in total. The van der Waals surface area contributed by atoms with Crippen LogP contribution in [0.1, 0.15) is 47.5 Å². The molecular formula is C12H26O2. The third-order valence-corrected chi connectivity index (χ3v) is 2.67. The van der Waals surface area contributed by atoms with Crippen LogP contribution in [0, 0.1) is 17.3 Å². The molecule has 0 rings (SSSR count). The average molecular weight is 202 g/mol. The highest BCUT2D eigenvalue weighted by molar-refractivity contribution is 4.75. The number of aliphatic hydroxyl groups is 2. The molecule has 2 unspecified atom stereocenters. The molecule has 0 spiro atoms. The van der Waals surface area contributed by atoms with Crippen molar-refractivity contribution in [3.8, 4) is 0 Å². The van der Waals surface area contributed by atoms with Gasteiger partial charge in [-0.3, -0.25) is 0 Å². The molecule has 0 bridgehead atoms. The molecule has 0 aliphatic rings. The van der Waals surface area contributed by atoms with Crippen LogP contribution in [0.4, 0.5) is 0 Å². The largest absolute Gasteiger partial charge is 0.396 e. The first-order chi connectivity index (χ1) is 6.28. The van der Waals surface area contributed by atoms with Gasteiger partial charge in [-0.25, -0.2) is 0 Å². The molecule has 2 nitrogen and oxygen atoms in total. The minimum atomic E-state index is -0.235. The molecule has 0 saturated carbocycles. The van der Waals surface area contributed by atoms with Crippen molar-refractivity contribution >= 4 is 0 Å². The summed E-state index contributed by atoms with van der Waals surface area (Å²) in [5.74, 6) is 0.796. The molecule has 0 amide bonds. The van der Waals surface area contributed by atoms with Crippen LogP contribution in [0.5, 0.6) is 0 Å². The van der Waals surface area contributed by atoms with Crippen LogP contribution in [0.3, 0.4) is 0 Å². The van der Waals surface area contributed by atoms with E-state index in [-0.39, 0.29) is 24.0 Å². The smallest absolute Gasteiger partial charge is 0.0568 e. The molecule has 0 saturated heterocycles. The Hall–Kier alpha value is -0.0800. The molecule has 0 fully saturated rings. The molecule has 0 aromatic carbocycles. The maximum Gasteiger partial charge on any atom is 0.0568 e. The van der Waals surface area contributed by atoms with Crippen LogP contribution in [0.15, 0.2) is 0 Å². The Morgan fingerprint density at radius 1 is 1.14 bits per heavy atom. The van der Waals surface area contributed by atoms with Gasteiger partial charge in [0.15, 0.2) is 0 Å². The Kier molecular flexibility index (Phi) is 5.68. The zero-order valence-corrected chi connectivity index (χ0v) is 10.2. The predicted molar refractivity (Wildman–Crippen MR) is 60.1 cm³/mol. The van der Waals surface area contributed by atoms with E-state index in [0.29, 0.717) is 5.92 Å². The second kappa shape index (κ2) is 5.72. The summed E-state index contributed by atoms with van der Waals surface area (Å²) in [5, 5.41) is 19.0. The van der Waals surface area contributed by atoms with Crippen molar-refractivity contribution in [1.82, 2.24) is 0 Å². The van der Waals surface area contributed by atoms with Gasteiger partial charge in [-0.1, -0.05) is 34.6 Å². The lowest BCUT2D eigenvalue weighted by Gasteiger charge is -2.29. The minimum absolute atomic E-state index is 0.0720. The van der Waals surface area contributed by atoms with Gasteiger partial charge < -0.3 is 10.2 Å². The van der Waals surface area contributed by atoms with E-state index in [1.807, 2.05) is 13.8 Å². The summed E-state index contributed by atoms with van der Waals surface area (Å²) in [6.07, 6.45) is 1.49. The van der Waals surface area contributed by atoms with Gasteiger partial charge >= 0.3 is 0 Å². The molecule has 14 heavy (non-hydrogen) atoms. The third kappa shape index (κ3) is 5.61. The van der Waals surface area contributed by atoms with Gasteiger partial charge in [0.25, 0.3) is 0 Å². The van der Waals surface area contributed by atoms with Crippen LogP contribution < -0.4 is 0 Å². The van der Waals surface area contributed by atoms with E-state index >= 15 is 0 Å². The fourth-order valence-corrected chi connectivity index (χ4v) is 1.79. The van der Waals surface area contributed by atoms with Crippen LogP contribution in [0.25, 0.3) is 0 Å². The molecule has 0 aliphatic carbocycles. The van der Waals surface area contributed by atoms with Crippen molar-refractivity contribution < 1.29 is 10.2 Å². The van der Waals surface area contributed by atoms with Gasteiger partial charge in [0.1, 0.15) is 0 Å². The molecule has 2 atom stereocenters. The molecular weight excluding hydrogens is 176 g/mol. The molecule has 2 heteroatoms. The second-order valence-corrected chi connectivity index (χ2v) is 5.70. The first-order valence-corrected chi connectivity index (χ1v) is 5.57. The normalized spacial score (nSPS) is 17.1. The molecule has 0 aromatic rings. The number of hydrogen-bond donors (Lipinski definition) is 2. The van der Waals surface area contributed by atoms with Crippen molar-refractivity contribution in [2.24, 2.45) is 17.3 Å². The SMILES string of the molecule is CC(C)CC(O)C(C)CC(C)(C)CO. The Balaban J connectivity index is 4.00. The van der Waals surface area contributed by atoms with Crippen LogP contribution in [-0.2, 0) is 0 Å². The van der Waals surface area contributed by atoms with Gasteiger partial charge in [0.05, 0.1) is 6.10 Å². The fourth-order valence-electron chi connectivity index (χ4n) is 1.79. The highest BCUT2D eigenvalue weighted by Gasteiger charge is 2.24. The maximum absolute atomic E-state index is 9.87. The quantitative estimate of drug-likeness (QED) is 0.694. The van der Waals surface area contributed by atoms with E-state index in [0.717, 1.165) is 12.8 Å². The lowest BCUT2D eigenvalue weighted by Crippen LogP contribution is -2.27. The van der Waals surface area contributed by atoms with Crippen LogP contribution >= 0.6 is 0 Å². The standard InChI is InChI=1S/C12H26O2/c1-9(2)6-11(14)10(3)7-12(4,5)8-13/h9-11,13-14H,6-8H2,1-5H3. The van der Waals surface area contributed by atoms with E-state index in [2.05, 4.69) is 20.8 Å². The summed E-state index contributed by atoms with van der Waals surface area (Å²) in [6, 6.07) is 0. The van der Waals surface area contributed by atoms with Gasteiger partial charge in [0.2, 0.25) is 0 Å². The van der Waals surface area contributed by atoms with E-state index < -0.39 is 0 Å². The van der Waals surface area contributed by atoms with Gasteiger partial charge in [-0.05, 0) is 30.1 Å². The van der Waals surface area contributed by atoms with Gasteiger partial charge in [-0.15, -0.1) is 0 Å². The molecule has 0 aromatic heterocycles. The Morgan fingerprint density at radius 3 is 2.00 bits per heavy atom. The summed E-state index contributed by atoms with van der Waals surface area (Å²) in [4.78, 5) is 0. The van der Waals surface area contributed by atoms with Crippen molar-refractivity contribution in [1.29, 1.82) is 0 Å². The summed E-state index contributed by atoms with van der Waals surface area (Å²) >= 11 is 0. The summed E-state index contributed by atoms with van der Waals surface area (Å²) in [7, 11) is 0. The van der Waals surface area contributed by atoms with E-state index in [1.54, 1.807) is 0 Å². The zero-order valence-electron chi connectivity index (χ0n) is 10.2. The molecule has 0 aliphatic heterocycles. The lowest BCUT2D eigenvalue weighted by atomic mass is 9.80. The van der Waals surface area contributed by atoms with Crippen molar-refractivity contribution in [2.45, 2.75) is 53.6 Å². The number of hydrogen-bond acceptors (Lipinski definition) is 2. The summed E-state index contributed by atoms with van der Waals surface area (Å²) in [5.41, 5.74) is -0.0720. The van der Waals surface area contributed by atoms with Crippen molar-refractivity contribution in [3.05, 3.63) is 0 Å². The highest BCUT2D eigenvalue weighted by atomic mass is 16.3. The molecule has 0 heterocycles. The Labute approximate surface area is 88.3 Å². The van der Waals surface area contributed by atoms with Gasteiger partial charge in [-0.2, -0.15) is 0 Å². The Morgan fingerprint density at radius 2 is 1.64 bits per heavy atom. The predicted octanol–water partition coefficient (Wildman–Crippen LogP) is 2.44. The topological polar surface area (TPSA) is 40.5 Å². The summed E-state index contributed by atoms with van der Waals surface area (Å²) < 4.78 is 0. The number of aliphatic hydroxyl groups excluding tert-OH is 2. The van der Waals surface area contributed by atoms with Crippen molar-refractivity contribution in [3.63, 3.8) is 0 Å². The monoisotopic (exact) mass is 202 g/mol. The van der Waals surface area contributed by atoms with Crippen molar-refractivity contribution in [2.75, 3.05) is 6.61 Å². The Bertz CT molecular complexity index is 152. The highest BCUT2D eigenvalue weighted by Crippen LogP contribution is 2.28. The lowest BCUT2D eigenvalue weighted by molar-refractivity contribution is 0.0517. The van der Waals surface area contributed by atoms with Crippen LogP contribution in [-0.4, -0.2) is 22.9 Å².